The molecule has 0 spiro atoms. The molecule has 0 radical (unpaired) electrons. The third-order valence-electron chi connectivity index (χ3n) is 5.76. The number of piperidine rings is 1. The zero-order valence-electron chi connectivity index (χ0n) is 16.9. The minimum absolute atomic E-state index is 0.0766. The second-order valence-electron chi connectivity index (χ2n) is 8.10. The molecule has 1 aromatic heterocycles. The van der Waals surface area contributed by atoms with E-state index < -0.39 is 0 Å². The monoisotopic (exact) mass is 461 g/mol. The van der Waals surface area contributed by atoms with E-state index in [1.54, 1.807) is 12.1 Å². The van der Waals surface area contributed by atoms with Crippen LogP contribution in [0.3, 0.4) is 0 Å². The molecule has 0 unspecified atom stereocenters. The zero-order valence-corrected chi connectivity index (χ0v) is 19.3. The molecule has 3 heterocycles. The third-order valence-corrected chi connectivity index (χ3v) is 7.67. The second kappa shape index (κ2) is 8.73. The summed E-state index contributed by atoms with van der Waals surface area (Å²) in [5, 5.41) is 3.09. The third kappa shape index (κ3) is 4.43. The van der Waals surface area contributed by atoms with E-state index in [9.17, 15) is 9.59 Å². The average Bonchev–Trinajstić information content (AvgIpc) is 2.71. The minimum Gasteiger partial charge on any atom is -0.356 e. The van der Waals surface area contributed by atoms with E-state index in [2.05, 4.69) is 10.2 Å². The lowest BCUT2D eigenvalue weighted by Gasteiger charge is -2.43. The second-order valence-corrected chi connectivity index (χ2v) is 10.5. The van der Waals surface area contributed by atoms with Gasteiger partial charge in [0.2, 0.25) is 5.91 Å². The number of benzene rings is 1. The molecule has 1 fully saturated rings. The molecule has 2 aliphatic heterocycles. The number of hydrogen-bond acceptors (Lipinski definition) is 4. The molecule has 1 amide bonds. The van der Waals surface area contributed by atoms with Crippen molar-refractivity contribution in [1.82, 2.24) is 9.47 Å². The first-order valence-corrected chi connectivity index (χ1v) is 11.7. The number of hydrogen-bond donors (Lipinski definition) is 1. The number of thioether (sulfide) groups is 1. The topological polar surface area (TPSA) is 54.3 Å². The van der Waals surface area contributed by atoms with Crippen molar-refractivity contribution in [2.45, 2.75) is 38.0 Å². The highest BCUT2D eigenvalue weighted by atomic mass is 35.5. The van der Waals surface area contributed by atoms with E-state index >= 15 is 0 Å². The molecule has 158 valence electrons. The summed E-state index contributed by atoms with van der Waals surface area (Å²) < 4.78 is 2.64. The van der Waals surface area contributed by atoms with Gasteiger partial charge >= 0.3 is 0 Å². The van der Waals surface area contributed by atoms with Crippen LogP contribution in [0, 0.1) is 12.8 Å². The summed E-state index contributed by atoms with van der Waals surface area (Å²) in [6, 6.07) is 11.1. The summed E-state index contributed by atoms with van der Waals surface area (Å²) in [7, 11) is 0. The van der Waals surface area contributed by atoms with Gasteiger partial charge in [-0.05, 0) is 49.9 Å². The SMILES string of the molecule is Cc1ccc(Cl)c(NC(=O)[C@H](C)SC(=S)N2C[C@H]3C[C@@H](C2)c2cccc(=O)n2C3)c1. The van der Waals surface area contributed by atoms with Gasteiger partial charge in [0, 0.05) is 37.3 Å². The predicted molar refractivity (Wildman–Crippen MR) is 128 cm³/mol. The Labute approximate surface area is 190 Å². The van der Waals surface area contributed by atoms with Crippen molar-refractivity contribution < 1.29 is 4.79 Å². The highest BCUT2D eigenvalue weighted by molar-refractivity contribution is 8.23. The molecule has 2 aromatic rings. The van der Waals surface area contributed by atoms with Crippen LogP contribution in [-0.4, -0.2) is 38.0 Å². The van der Waals surface area contributed by atoms with E-state index in [4.69, 9.17) is 23.8 Å². The molecule has 8 heteroatoms. The molecule has 1 N–H and O–H groups in total. The highest BCUT2D eigenvalue weighted by Gasteiger charge is 2.35. The number of carbonyl (C=O) groups is 1. The number of aryl methyl sites for hydroxylation is 1. The lowest BCUT2D eigenvalue weighted by molar-refractivity contribution is -0.115. The van der Waals surface area contributed by atoms with Gasteiger partial charge in [-0.2, -0.15) is 0 Å². The van der Waals surface area contributed by atoms with Gasteiger partial charge in [0.15, 0.2) is 0 Å². The van der Waals surface area contributed by atoms with Crippen molar-refractivity contribution in [3.05, 3.63) is 63.0 Å². The van der Waals surface area contributed by atoms with E-state index in [0.29, 0.717) is 22.5 Å². The lowest BCUT2D eigenvalue weighted by Crippen LogP contribution is -2.48. The van der Waals surface area contributed by atoms with Crippen molar-refractivity contribution in [1.29, 1.82) is 0 Å². The molecule has 0 saturated carbocycles. The summed E-state index contributed by atoms with van der Waals surface area (Å²) in [6.45, 7) is 6.15. The van der Waals surface area contributed by atoms with E-state index in [0.717, 1.165) is 41.6 Å². The molecule has 1 saturated heterocycles. The number of fused-ring (bicyclic) bond motifs is 4. The Balaban J connectivity index is 1.40. The fourth-order valence-electron chi connectivity index (χ4n) is 4.29. The summed E-state index contributed by atoms with van der Waals surface area (Å²) in [5.41, 5.74) is 2.82. The maximum absolute atomic E-state index is 12.7. The largest absolute Gasteiger partial charge is 0.356 e. The number of nitrogens with zero attached hydrogens (tertiary/aromatic N) is 2. The van der Waals surface area contributed by atoms with Gasteiger partial charge in [0.05, 0.1) is 16.0 Å². The van der Waals surface area contributed by atoms with Crippen molar-refractivity contribution >= 4 is 51.5 Å². The first-order chi connectivity index (χ1) is 14.3. The number of halogens is 1. The molecule has 0 aliphatic carbocycles. The van der Waals surface area contributed by atoms with E-state index in [-0.39, 0.29) is 16.7 Å². The van der Waals surface area contributed by atoms with Gasteiger partial charge in [0.25, 0.3) is 5.56 Å². The number of pyridine rings is 1. The van der Waals surface area contributed by atoms with Crippen LogP contribution in [0.1, 0.15) is 30.5 Å². The van der Waals surface area contributed by atoms with Crippen LogP contribution in [0.2, 0.25) is 5.02 Å². The van der Waals surface area contributed by atoms with Crippen LogP contribution < -0.4 is 10.9 Å². The number of rotatable bonds is 3. The Morgan fingerprint density at radius 3 is 2.87 bits per heavy atom. The Morgan fingerprint density at radius 2 is 2.07 bits per heavy atom. The number of carbonyl (C=O) groups excluding carboxylic acids is 1. The molecular formula is C22H24ClN3O2S2. The molecule has 3 atom stereocenters. The summed E-state index contributed by atoms with van der Waals surface area (Å²) in [6.07, 6.45) is 1.08. The smallest absolute Gasteiger partial charge is 0.250 e. The Hall–Kier alpha value is -1.83. The summed E-state index contributed by atoms with van der Waals surface area (Å²) in [4.78, 5) is 27.1. The summed E-state index contributed by atoms with van der Waals surface area (Å²) in [5.74, 6) is 0.564. The Morgan fingerprint density at radius 1 is 1.27 bits per heavy atom. The van der Waals surface area contributed by atoms with Crippen LogP contribution in [0.25, 0.3) is 0 Å². The van der Waals surface area contributed by atoms with Gasteiger partial charge in [0.1, 0.15) is 4.32 Å². The van der Waals surface area contributed by atoms with Crippen LogP contribution in [-0.2, 0) is 11.3 Å². The van der Waals surface area contributed by atoms with Crippen LogP contribution in [0.15, 0.2) is 41.2 Å². The van der Waals surface area contributed by atoms with Crippen molar-refractivity contribution in [3.8, 4) is 0 Å². The minimum atomic E-state index is -0.342. The quantitative estimate of drug-likeness (QED) is 0.691. The summed E-state index contributed by atoms with van der Waals surface area (Å²) >= 11 is 13.3. The van der Waals surface area contributed by atoms with Gasteiger partial charge < -0.3 is 14.8 Å². The van der Waals surface area contributed by atoms with E-state index in [1.165, 1.54) is 11.8 Å². The number of anilines is 1. The first kappa shape index (κ1) is 21.4. The molecule has 30 heavy (non-hydrogen) atoms. The number of nitrogens with one attached hydrogen (secondary N) is 1. The fraction of sp³-hybridized carbons (Fsp3) is 0.409. The van der Waals surface area contributed by atoms with Crippen molar-refractivity contribution in [3.63, 3.8) is 0 Å². The zero-order chi connectivity index (χ0) is 21.4. The van der Waals surface area contributed by atoms with Crippen molar-refractivity contribution in [2.75, 3.05) is 18.4 Å². The van der Waals surface area contributed by atoms with Crippen molar-refractivity contribution in [2.24, 2.45) is 5.92 Å². The normalized spacial score (nSPS) is 21.0. The number of thiocarbonyl (C=S) groups is 1. The van der Waals surface area contributed by atoms with Gasteiger partial charge in [-0.1, -0.05) is 47.7 Å². The lowest BCUT2D eigenvalue weighted by atomic mass is 9.83. The Kier molecular flexibility index (Phi) is 6.23. The predicted octanol–water partition coefficient (Wildman–Crippen LogP) is 4.27. The highest BCUT2D eigenvalue weighted by Crippen LogP contribution is 2.36. The number of likely N-dealkylation sites (tertiary alicyclic amines) is 1. The molecule has 5 nitrogen and oxygen atoms in total. The van der Waals surface area contributed by atoms with Gasteiger partial charge in [-0.15, -0.1) is 0 Å². The van der Waals surface area contributed by atoms with Crippen LogP contribution in [0.5, 0.6) is 0 Å². The molecule has 1 aromatic carbocycles. The number of amides is 1. The molecule has 2 aliphatic rings. The van der Waals surface area contributed by atoms with E-state index in [1.807, 2.05) is 42.7 Å². The maximum atomic E-state index is 12.7. The number of aromatic nitrogens is 1. The average molecular weight is 462 g/mol. The first-order valence-electron chi connectivity index (χ1n) is 10.0. The van der Waals surface area contributed by atoms with Gasteiger partial charge in [-0.25, -0.2) is 0 Å². The standard InChI is InChI=1S/C22H24ClN3O2S2/c1-13-6-7-17(23)18(8-13)24-21(28)14(2)30-22(29)25-10-15-9-16(12-25)19-4-3-5-20(27)26(19)11-15/h3-8,14-16H,9-12H2,1-2H3,(H,24,28)/t14-,15+,16-/m0/s1. The molecule has 4 rings (SSSR count). The van der Waals surface area contributed by atoms with Crippen LogP contribution in [0.4, 0.5) is 5.69 Å². The molecule has 2 bridgehead atoms. The van der Waals surface area contributed by atoms with Gasteiger partial charge in [-0.3, -0.25) is 9.59 Å². The van der Waals surface area contributed by atoms with Crippen LogP contribution >= 0.6 is 35.6 Å². The fourth-order valence-corrected chi connectivity index (χ4v) is 5.81. The Bertz CT molecular complexity index is 1050. The molecular weight excluding hydrogens is 438 g/mol. The maximum Gasteiger partial charge on any atom is 0.250 e.